The van der Waals surface area contributed by atoms with Gasteiger partial charge in [0, 0.05) is 17.8 Å². The van der Waals surface area contributed by atoms with Gasteiger partial charge in [0.25, 0.3) is 5.91 Å². The van der Waals surface area contributed by atoms with Gasteiger partial charge in [-0.25, -0.2) is 0 Å². The fourth-order valence-corrected chi connectivity index (χ4v) is 3.50. The number of aromatic amines is 1. The summed E-state index contributed by atoms with van der Waals surface area (Å²) < 4.78 is 2.13. The average Bonchev–Trinajstić information content (AvgIpc) is 3.25. The minimum atomic E-state index is -0.221. The first kappa shape index (κ1) is 15.9. The van der Waals surface area contributed by atoms with Crippen molar-refractivity contribution in [3.63, 3.8) is 0 Å². The Bertz CT molecular complexity index is 874. The SMILES string of the molecule is O=C(NC1CCC(O)CC1)c1cc(Cn2ccc3ccccc32)[nH]n1. The molecule has 130 valence electrons. The Balaban J connectivity index is 1.42. The Kier molecular flexibility index (Phi) is 4.28. The second kappa shape index (κ2) is 6.72. The summed E-state index contributed by atoms with van der Waals surface area (Å²) in [6.07, 6.45) is 4.95. The van der Waals surface area contributed by atoms with Crippen molar-refractivity contribution in [1.82, 2.24) is 20.1 Å². The number of aliphatic hydroxyl groups is 1. The number of para-hydroxylation sites is 1. The lowest BCUT2D eigenvalue weighted by molar-refractivity contribution is 0.0863. The number of aliphatic hydroxyl groups excluding tert-OH is 1. The predicted octanol–water partition coefficient (Wildman–Crippen LogP) is 2.45. The molecule has 1 aromatic carbocycles. The van der Waals surface area contributed by atoms with Crippen LogP contribution in [0.4, 0.5) is 0 Å². The molecule has 0 bridgehead atoms. The monoisotopic (exact) mass is 338 g/mol. The van der Waals surface area contributed by atoms with Crippen molar-refractivity contribution in [3.8, 4) is 0 Å². The van der Waals surface area contributed by atoms with Crippen molar-refractivity contribution >= 4 is 16.8 Å². The lowest BCUT2D eigenvalue weighted by Gasteiger charge is -2.25. The molecule has 4 rings (SSSR count). The Morgan fingerprint density at radius 1 is 1.24 bits per heavy atom. The van der Waals surface area contributed by atoms with Crippen LogP contribution in [0.5, 0.6) is 0 Å². The normalized spacial score (nSPS) is 20.7. The summed E-state index contributed by atoms with van der Waals surface area (Å²) in [4.78, 5) is 12.4. The van der Waals surface area contributed by atoms with Gasteiger partial charge in [0.15, 0.2) is 0 Å². The van der Waals surface area contributed by atoms with Gasteiger partial charge < -0.3 is 15.0 Å². The third kappa shape index (κ3) is 3.44. The van der Waals surface area contributed by atoms with E-state index in [1.165, 1.54) is 5.39 Å². The van der Waals surface area contributed by atoms with Crippen LogP contribution in [0.1, 0.15) is 41.9 Å². The Morgan fingerprint density at radius 2 is 2.04 bits per heavy atom. The first-order valence-electron chi connectivity index (χ1n) is 8.76. The second-order valence-electron chi connectivity index (χ2n) is 6.76. The fraction of sp³-hybridized carbons (Fsp3) is 0.368. The largest absolute Gasteiger partial charge is 0.393 e. The van der Waals surface area contributed by atoms with Gasteiger partial charge in [-0.15, -0.1) is 0 Å². The summed E-state index contributed by atoms with van der Waals surface area (Å²) in [6.45, 7) is 0.642. The van der Waals surface area contributed by atoms with E-state index in [4.69, 9.17) is 0 Å². The minimum absolute atomic E-state index is 0.129. The maximum atomic E-state index is 12.4. The van der Waals surface area contributed by atoms with Crippen molar-refractivity contribution in [2.75, 3.05) is 0 Å². The molecule has 3 N–H and O–H groups in total. The number of H-pyrrole nitrogens is 1. The first-order chi connectivity index (χ1) is 12.2. The highest BCUT2D eigenvalue weighted by atomic mass is 16.3. The van der Waals surface area contributed by atoms with E-state index in [0.29, 0.717) is 12.2 Å². The second-order valence-corrected chi connectivity index (χ2v) is 6.76. The Morgan fingerprint density at radius 3 is 2.88 bits per heavy atom. The van der Waals surface area contributed by atoms with E-state index in [-0.39, 0.29) is 18.1 Å². The van der Waals surface area contributed by atoms with Crippen LogP contribution in [-0.4, -0.2) is 37.9 Å². The summed E-state index contributed by atoms with van der Waals surface area (Å²) >= 11 is 0. The number of hydrogen-bond donors (Lipinski definition) is 3. The summed E-state index contributed by atoms with van der Waals surface area (Å²) in [5.41, 5.74) is 2.46. The maximum Gasteiger partial charge on any atom is 0.271 e. The molecule has 0 atom stereocenters. The van der Waals surface area contributed by atoms with E-state index in [0.717, 1.165) is 36.9 Å². The molecule has 2 aromatic heterocycles. The number of nitrogens with zero attached hydrogens (tertiary/aromatic N) is 2. The molecule has 0 saturated heterocycles. The fourth-order valence-electron chi connectivity index (χ4n) is 3.50. The van der Waals surface area contributed by atoms with Crippen LogP contribution in [-0.2, 0) is 6.54 Å². The zero-order chi connectivity index (χ0) is 17.2. The number of rotatable bonds is 4. The van der Waals surface area contributed by atoms with Gasteiger partial charge in [0.05, 0.1) is 18.3 Å². The van der Waals surface area contributed by atoms with Crippen molar-refractivity contribution in [3.05, 3.63) is 54.0 Å². The smallest absolute Gasteiger partial charge is 0.271 e. The molecular formula is C19H22N4O2. The highest BCUT2D eigenvalue weighted by molar-refractivity contribution is 5.92. The molecule has 2 heterocycles. The summed E-state index contributed by atoms with van der Waals surface area (Å²) in [5, 5.41) is 20.9. The quantitative estimate of drug-likeness (QED) is 0.683. The summed E-state index contributed by atoms with van der Waals surface area (Å²) in [5.74, 6) is -0.152. The summed E-state index contributed by atoms with van der Waals surface area (Å²) in [7, 11) is 0. The number of hydrogen-bond acceptors (Lipinski definition) is 3. The molecule has 1 saturated carbocycles. The van der Waals surface area contributed by atoms with Crippen LogP contribution in [0, 0.1) is 0 Å². The molecule has 0 unspecified atom stereocenters. The van der Waals surface area contributed by atoms with Gasteiger partial charge in [-0.1, -0.05) is 18.2 Å². The lowest BCUT2D eigenvalue weighted by atomic mass is 9.93. The molecule has 25 heavy (non-hydrogen) atoms. The van der Waals surface area contributed by atoms with Crippen LogP contribution in [0.15, 0.2) is 42.6 Å². The third-order valence-electron chi connectivity index (χ3n) is 4.92. The molecule has 1 fully saturated rings. The molecule has 1 aliphatic rings. The third-order valence-corrected chi connectivity index (χ3v) is 4.92. The predicted molar refractivity (Wildman–Crippen MR) is 95.4 cm³/mol. The van der Waals surface area contributed by atoms with Crippen LogP contribution >= 0.6 is 0 Å². The maximum absolute atomic E-state index is 12.4. The van der Waals surface area contributed by atoms with Gasteiger partial charge in [0.2, 0.25) is 0 Å². The lowest BCUT2D eigenvalue weighted by Crippen LogP contribution is -2.38. The van der Waals surface area contributed by atoms with Gasteiger partial charge in [0.1, 0.15) is 5.69 Å². The number of nitrogens with one attached hydrogen (secondary N) is 2. The molecule has 1 aliphatic carbocycles. The average molecular weight is 338 g/mol. The van der Waals surface area contributed by atoms with Crippen molar-refractivity contribution in [1.29, 1.82) is 0 Å². The standard InChI is InChI=1S/C19H22N4O2/c24-16-7-5-14(6-8-16)20-19(25)17-11-15(21-22-17)12-23-10-9-13-3-1-2-4-18(13)23/h1-4,9-11,14,16,24H,5-8,12H2,(H,20,25)(H,21,22). The van der Waals surface area contributed by atoms with Crippen molar-refractivity contribution < 1.29 is 9.90 Å². The highest BCUT2D eigenvalue weighted by Gasteiger charge is 2.22. The van der Waals surface area contributed by atoms with Crippen LogP contribution < -0.4 is 5.32 Å². The minimum Gasteiger partial charge on any atom is -0.393 e. The highest BCUT2D eigenvalue weighted by Crippen LogP contribution is 2.19. The van der Waals surface area contributed by atoms with Crippen LogP contribution in [0.3, 0.4) is 0 Å². The van der Waals surface area contributed by atoms with E-state index in [1.54, 1.807) is 0 Å². The number of aromatic nitrogens is 3. The molecule has 3 aromatic rings. The number of amides is 1. The zero-order valence-corrected chi connectivity index (χ0v) is 14.0. The van der Waals surface area contributed by atoms with E-state index < -0.39 is 0 Å². The first-order valence-corrected chi connectivity index (χ1v) is 8.76. The van der Waals surface area contributed by atoms with Crippen molar-refractivity contribution in [2.45, 2.75) is 44.4 Å². The van der Waals surface area contributed by atoms with Gasteiger partial charge in [-0.3, -0.25) is 9.89 Å². The zero-order valence-electron chi connectivity index (χ0n) is 14.0. The molecule has 1 amide bonds. The van der Waals surface area contributed by atoms with E-state index in [9.17, 15) is 9.90 Å². The summed E-state index contributed by atoms with van der Waals surface area (Å²) in [6, 6.07) is 12.2. The number of carbonyl (C=O) groups is 1. The molecule has 6 nitrogen and oxygen atoms in total. The van der Waals surface area contributed by atoms with E-state index in [2.05, 4.69) is 38.3 Å². The number of fused-ring (bicyclic) bond motifs is 1. The topological polar surface area (TPSA) is 82.9 Å². The van der Waals surface area contributed by atoms with Gasteiger partial charge in [-0.2, -0.15) is 5.10 Å². The van der Waals surface area contributed by atoms with Crippen molar-refractivity contribution in [2.24, 2.45) is 0 Å². The molecular weight excluding hydrogens is 316 g/mol. The van der Waals surface area contributed by atoms with Gasteiger partial charge in [-0.05, 0) is 49.3 Å². The molecule has 6 heteroatoms. The van der Waals surface area contributed by atoms with Crippen LogP contribution in [0.25, 0.3) is 10.9 Å². The molecule has 0 aliphatic heterocycles. The molecule has 0 radical (unpaired) electrons. The van der Waals surface area contributed by atoms with E-state index >= 15 is 0 Å². The number of benzene rings is 1. The van der Waals surface area contributed by atoms with Gasteiger partial charge >= 0.3 is 0 Å². The molecule has 0 spiro atoms. The Hall–Kier alpha value is -2.60. The Labute approximate surface area is 145 Å². The van der Waals surface area contributed by atoms with E-state index in [1.807, 2.05) is 24.4 Å². The van der Waals surface area contributed by atoms with Crippen LogP contribution in [0.2, 0.25) is 0 Å². The number of carbonyl (C=O) groups excluding carboxylic acids is 1.